The fraction of sp³-hybridized carbons (Fsp3) is 0.351. The van der Waals surface area contributed by atoms with E-state index in [4.69, 9.17) is 28.1 Å². The van der Waals surface area contributed by atoms with E-state index in [1.54, 1.807) is 0 Å². The SMILES string of the molecule is COc1cc(/C=C/C(=O)OC[C@H]2O[C@@H](Oc3cc4oc(-c5ccc(O)c(O)c5)cc(=O)c4c(O)c3[C@@H]3O[C@H](CO)[C@@H](O)[C@H](O)[C@H]3O)[C@H](O)[C@@H](O)[C@@H]2O)ccc1O. The molecular weight excluding hydrogens is 748 g/mol. The molecule has 0 radical (unpaired) electrons. The Labute approximate surface area is 315 Å². The Morgan fingerprint density at radius 1 is 0.768 bits per heavy atom. The molecule has 19 heteroatoms. The molecule has 2 fully saturated rings. The minimum Gasteiger partial charge on any atom is -0.506 e. The average molecular weight is 787 g/mol. The van der Waals surface area contributed by atoms with Gasteiger partial charge in [0.15, 0.2) is 28.4 Å². The summed E-state index contributed by atoms with van der Waals surface area (Å²) >= 11 is 0. The molecule has 10 atom stereocenters. The van der Waals surface area contributed by atoms with Gasteiger partial charge in [-0.1, -0.05) is 6.07 Å². The third-order valence-electron chi connectivity index (χ3n) is 9.35. The Hall–Kier alpha value is -5.48. The van der Waals surface area contributed by atoms with Crippen LogP contribution in [0.15, 0.2) is 63.8 Å². The maximum Gasteiger partial charge on any atom is 0.330 e. The number of methoxy groups -OCH3 is 1. The predicted molar refractivity (Wildman–Crippen MR) is 188 cm³/mol. The quantitative estimate of drug-likeness (QED) is 0.0535. The van der Waals surface area contributed by atoms with Crippen LogP contribution in [-0.4, -0.2) is 138 Å². The summed E-state index contributed by atoms with van der Waals surface area (Å²) in [5.74, 6) is -3.60. The Morgan fingerprint density at radius 3 is 2.16 bits per heavy atom. The van der Waals surface area contributed by atoms with Crippen LogP contribution in [0.25, 0.3) is 28.4 Å². The summed E-state index contributed by atoms with van der Waals surface area (Å²) in [6.45, 7) is -1.57. The van der Waals surface area contributed by atoms with Crippen molar-refractivity contribution in [3.63, 3.8) is 0 Å². The fourth-order valence-electron chi connectivity index (χ4n) is 6.28. The first kappa shape index (κ1) is 40.2. The zero-order valence-corrected chi connectivity index (χ0v) is 29.1. The van der Waals surface area contributed by atoms with Crippen LogP contribution < -0.4 is 14.9 Å². The minimum absolute atomic E-state index is 0.109. The van der Waals surface area contributed by atoms with Gasteiger partial charge >= 0.3 is 5.97 Å². The van der Waals surface area contributed by atoms with Gasteiger partial charge in [-0.2, -0.15) is 0 Å². The molecule has 0 unspecified atom stereocenters. The first-order valence-electron chi connectivity index (χ1n) is 16.9. The molecule has 56 heavy (non-hydrogen) atoms. The molecule has 3 heterocycles. The Balaban J connectivity index is 1.34. The number of fused-ring (bicyclic) bond motifs is 1. The summed E-state index contributed by atoms with van der Waals surface area (Å²) in [5, 5.41) is 115. The lowest BCUT2D eigenvalue weighted by molar-refractivity contribution is -0.279. The van der Waals surface area contributed by atoms with Crippen LogP contribution in [0.4, 0.5) is 0 Å². The number of aromatic hydroxyl groups is 4. The van der Waals surface area contributed by atoms with E-state index in [-0.39, 0.29) is 22.8 Å². The fourth-order valence-corrected chi connectivity index (χ4v) is 6.28. The van der Waals surface area contributed by atoms with Crippen LogP contribution in [0.2, 0.25) is 0 Å². The van der Waals surface area contributed by atoms with E-state index in [1.807, 2.05) is 0 Å². The number of phenols is 4. The van der Waals surface area contributed by atoms with Crippen molar-refractivity contribution in [2.75, 3.05) is 20.3 Å². The first-order valence-corrected chi connectivity index (χ1v) is 16.9. The third-order valence-corrected chi connectivity index (χ3v) is 9.35. The van der Waals surface area contributed by atoms with Gasteiger partial charge in [0, 0.05) is 23.8 Å². The minimum atomic E-state index is -2.04. The maximum absolute atomic E-state index is 13.5. The molecule has 0 bridgehead atoms. The van der Waals surface area contributed by atoms with Gasteiger partial charge in [-0.05, 0) is 42.0 Å². The van der Waals surface area contributed by atoms with Crippen molar-refractivity contribution in [3.8, 4) is 45.8 Å². The second-order valence-electron chi connectivity index (χ2n) is 13.0. The van der Waals surface area contributed by atoms with Crippen molar-refractivity contribution in [1.29, 1.82) is 0 Å². The van der Waals surface area contributed by atoms with Crippen LogP contribution in [0, 0.1) is 0 Å². The second-order valence-corrected chi connectivity index (χ2v) is 13.0. The molecule has 1 aromatic heterocycles. The molecule has 2 aliphatic rings. The molecule has 3 aromatic carbocycles. The number of carbonyl (C=O) groups excluding carboxylic acids is 1. The van der Waals surface area contributed by atoms with Gasteiger partial charge in [-0.15, -0.1) is 0 Å². The predicted octanol–water partition coefficient (Wildman–Crippen LogP) is -0.751. The van der Waals surface area contributed by atoms with Gasteiger partial charge in [-0.3, -0.25) is 4.79 Å². The summed E-state index contributed by atoms with van der Waals surface area (Å²) in [7, 11) is 1.34. The third kappa shape index (κ3) is 7.80. The van der Waals surface area contributed by atoms with Gasteiger partial charge in [0.05, 0.1) is 19.3 Å². The van der Waals surface area contributed by atoms with Crippen molar-refractivity contribution < 1.29 is 89.1 Å². The lowest BCUT2D eigenvalue weighted by Gasteiger charge is -2.42. The lowest BCUT2D eigenvalue weighted by Crippen LogP contribution is -2.60. The van der Waals surface area contributed by atoms with Gasteiger partial charge in [0.25, 0.3) is 0 Å². The van der Waals surface area contributed by atoms with E-state index < -0.39 is 125 Å². The molecule has 300 valence electrons. The standard InChI is InChI=1S/C37H38O19/c1-51-21-8-14(2-5-17(21)40)3-7-26(43)52-13-25-30(45)33(48)35(50)37(56-25)55-23-11-22-27(19(42)10-20(53-22)15-4-6-16(39)18(41)9-15)31(46)28(23)36-34(49)32(47)29(44)24(12-38)54-36/h2-11,24-25,29-30,32-41,44-50H,12-13H2,1H3/b7-3+/t24-,25-,29-,30-,32+,33+,34-,35-,36+,37-/m1/s1. The summed E-state index contributed by atoms with van der Waals surface area (Å²) < 4.78 is 33.3. The number of hydrogen-bond donors (Lipinski definition) is 11. The average Bonchev–Trinajstić information content (AvgIpc) is 3.17. The zero-order chi connectivity index (χ0) is 40.6. The van der Waals surface area contributed by atoms with E-state index in [2.05, 4.69) is 0 Å². The maximum atomic E-state index is 13.5. The highest BCUT2D eigenvalue weighted by atomic mass is 16.7. The molecule has 0 spiro atoms. The number of benzene rings is 3. The van der Waals surface area contributed by atoms with Crippen LogP contribution in [0.1, 0.15) is 17.2 Å². The van der Waals surface area contributed by atoms with E-state index in [1.165, 1.54) is 37.5 Å². The van der Waals surface area contributed by atoms with E-state index in [9.17, 15) is 65.8 Å². The normalized spacial score (nSPS) is 28.0. The smallest absolute Gasteiger partial charge is 0.330 e. The largest absolute Gasteiger partial charge is 0.506 e. The van der Waals surface area contributed by atoms with E-state index in [0.717, 1.165) is 30.3 Å². The molecule has 2 saturated heterocycles. The van der Waals surface area contributed by atoms with Gasteiger partial charge < -0.3 is 84.3 Å². The van der Waals surface area contributed by atoms with Crippen molar-refractivity contribution in [3.05, 3.63) is 76.0 Å². The molecule has 4 aromatic rings. The van der Waals surface area contributed by atoms with Crippen molar-refractivity contribution in [1.82, 2.24) is 0 Å². The topological polar surface area (TPSA) is 316 Å². The number of ether oxygens (including phenoxy) is 5. The van der Waals surface area contributed by atoms with Crippen molar-refractivity contribution in [2.24, 2.45) is 0 Å². The summed E-state index contributed by atoms with van der Waals surface area (Å²) in [4.78, 5) is 26.0. The lowest BCUT2D eigenvalue weighted by atomic mass is 9.89. The molecule has 19 nitrogen and oxygen atoms in total. The number of hydrogen-bond acceptors (Lipinski definition) is 19. The number of carbonyl (C=O) groups is 1. The van der Waals surface area contributed by atoms with Gasteiger partial charge in [-0.25, -0.2) is 4.79 Å². The van der Waals surface area contributed by atoms with Crippen LogP contribution >= 0.6 is 0 Å². The van der Waals surface area contributed by atoms with E-state index in [0.29, 0.717) is 5.56 Å². The van der Waals surface area contributed by atoms with E-state index >= 15 is 0 Å². The Kier molecular flexibility index (Phi) is 11.7. The van der Waals surface area contributed by atoms with Gasteiger partial charge in [0.2, 0.25) is 6.29 Å². The number of esters is 1. The summed E-state index contributed by atoms with van der Waals surface area (Å²) in [5.41, 5.74) is -1.27. The van der Waals surface area contributed by atoms with Gasteiger partial charge in [0.1, 0.15) is 89.8 Å². The van der Waals surface area contributed by atoms with Crippen LogP contribution in [0.5, 0.6) is 34.5 Å². The second kappa shape index (κ2) is 16.3. The highest BCUT2D eigenvalue weighted by molar-refractivity contribution is 5.89. The molecular formula is C37H38O19. The van der Waals surface area contributed by atoms with Crippen LogP contribution in [0.3, 0.4) is 0 Å². The molecule has 0 saturated carbocycles. The number of phenolic OH excluding ortho intramolecular Hbond substituents is 4. The Bertz CT molecular complexity index is 2160. The molecule has 0 amide bonds. The summed E-state index contributed by atoms with van der Waals surface area (Å²) in [6.07, 6.45) is -16.2. The number of rotatable bonds is 10. The number of aliphatic hydroxyl groups is 7. The van der Waals surface area contributed by atoms with Crippen molar-refractivity contribution >= 4 is 23.0 Å². The number of aliphatic hydroxyl groups excluding tert-OH is 7. The first-order chi connectivity index (χ1) is 26.6. The van der Waals surface area contributed by atoms with Crippen molar-refractivity contribution in [2.45, 2.75) is 61.2 Å². The molecule has 2 aliphatic heterocycles. The molecule has 6 rings (SSSR count). The Morgan fingerprint density at radius 2 is 1.46 bits per heavy atom. The van der Waals surface area contributed by atoms with Crippen LogP contribution in [-0.2, 0) is 19.0 Å². The summed E-state index contributed by atoms with van der Waals surface area (Å²) in [6, 6.07) is 9.75. The highest BCUT2D eigenvalue weighted by Crippen LogP contribution is 2.46. The highest BCUT2D eigenvalue weighted by Gasteiger charge is 2.49. The molecule has 0 aliphatic carbocycles. The zero-order valence-electron chi connectivity index (χ0n) is 29.1. The molecule has 11 N–H and O–H groups in total. The monoisotopic (exact) mass is 786 g/mol.